The minimum atomic E-state index is -4.67. The summed E-state index contributed by atoms with van der Waals surface area (Å²) in [6.07, 6.45) is 0.398. The normalized spacial score (nSPS) is 20.2. The van der Waals surface area contributed by atoms with Gasteiger partial charge >= 0.3 is 6.36 Å². The van der Waals surface area contributed by atoms with E-state index < -0.39 is 6.36 Å². The van der Waals surface area contributed by atoms with Crippen LogP contribution in [-0.4, -0.2) is 59.9 Å². The van der Waals surface area contributed by atoms with Gasteiger partial charge in [0.1, 0.15) is 17.3 Å². The highest BCUT2D eigenvalue weighted by Crippen LogP contribution is 2.52. The van der Waals surface area contributed by atoms with Crippen molar-refractivity contribution < 1.29 is 22.7 Å². The average molecular weight is 506 g/mol. The van der Waals surface area contributed by atoms with Crippen molar-refractivity contribution in [3.8, 4) is 5.75 Å². The fraction of sp³-hybridized carbons (Fsp3) is 0.615. The quantitative estimate of drug-likeness (QED) is 0.637. The number of fused-ring (bicyclic) bond motifs is 1. The third-order valence-corrected chi connectivity index (χ3v) is 8.04. The number of aryl methyl sites for hydroxylation is 1. The van der Waals surface area contributed by atoms with Gasteiger partial charge in [-0.2, -0.15) is 0 Å². The molecule has 5 rings (SSSR count). The second-order valence-corrected chi connectivity index (χ2v) is 10.6. The molecule has 2 aliphatic heterocycles. The van der Waals surface area contributed by atoms with Crippen LogP contribution in [-0.2, 0) is 19.5 Å². The van der Waals surface area contributed by atoms with E-state index in [4.69, 9.17) is 4.98 Å². The van der Waals surface area contributed by atoms with E-state index in [1.165, 1.54) is 12.1 Å². The lowest BCUT2D eigenvalue weighted by Crippen LogP contribution is -2.49. The summed E-state index contributed by atoms with van der Waals surface area (Å²) in [5.41, 5.74) is 2.85. The summed E-state index contributed by atoms with van der Waals surface area (Å²) in [5.74, 6) is 1.25. The number of imidazole rings is 1. The number of aromatic nitrogens is 2. The number of benzene rings is 1. The first-order valence-corrected chi connectivity index (χ1v) is 12.8. The molecule has 2 aromatic rings. The van der Waals surface area contributed by atoms with Gasteiger partial charge in [0.2, 0.25) is 0 Å². The maximum Gasteiger partial charge on any atom is 0.573 e. The average Bonchev–Trinajstić information content (AvgIpc) is 3.19. The zero-order valence-electron chi connectivity index (χ0n) is 20.9. The lowest BCUT2D eigenvalue weighted by molar-refractivity contribution is -0.274. The zero-order valence-corrected chi connectivity index (χ0v) is 20.9. The van der Waals surface area contributed by atoms with Gasteiger partial charge in [-0.3, -0.25) is 9.69 Å². The number of likely N-dealkylation sites (N-methyl/N-ethyl adjacent to an activating group) is 1. The van der Waals surface area contributed by atoms with Crippen molar-refractivity contribution in [2.45, 2.75) is 58.5 Å². The third kappa shape index (κ3) is 5.19. The van der Waals surface area contributed by atoms with E-state index in [0.29, 0.717) is 17.9 Å². The van der Waals surface area contributed by atoms with Crippen LogP contribution in [0, 0.1) is 11.3 Å². The number of amides is 1. The molecular weight excluding hydrogens is 471 g/mol. The molecule has 1 aliphatic carbocycles. The van der Waals surface area contributed by atoms with Gasteiger partial charge in [0, 0.05) is 38.4 Å². The molecule has 1 N–H and O–H groups in total. The van der Waals surface area contributed by atoms with Gasteiger partial charge in [-0.05, 0) is 74.8 Å². The molecule has 2 fully saturated rings. The van der Waals surface area contributed by atoms with E-state index in [0.717, 1.165) is 87.7 Å². The van der Waals surface area contributed by atoms with E-state index in [9.17, 15) is 18.0 Å². The highest BCUT2D eigenvalue weighted by Gasteiger charge is 2.45. The third-order valence-electron chi connectivity index (χ3n) is 8.04. The number of carbonyl (C=O) groups is 1. The lowest BCUT2D eigenvalue weighted by Gasteiger charge is -2.52. The predicted molar refractivity (Wildman–Crippen MR) is 130 cm³/mol. The van der Waals surface area contributed by atoms with Gasteiger partial charge in [-0.15, -0.1) is 13.2 Å². The SMILES string of the molecule is CCc1nc2n(c1C(=O)NCC1CC3(CCN(c4ccc(OC(F)(F)F)cc4)CC3)C1)CCN(C)C2. The van der Waals surface area contributed by atoms with Gasteiger partial charge < -0.3 is 19.5 Å². The molecule has 196 valence electrons. The van der Waals surface area contributed by atoms with E-state index >= 15 is 0 Å². The number of hydrogen-bond acceptors (Lipinski definition) is 5. The molecule has 0 unspecified atom stereocenters. The number of halogens is 3. The molecule has 0 bridgehead atoms. The number of nitrogens with one attached hydrogen (secondary N) is 1. The summed E-state index contributed by atoms with van der Waals surface area (Å²) in [6.45, 7) is 6.98. The van der Waals surface area contributed by atoms with Crippen molar-refractivity contribution in [2.24, 2.45) is 11.3 Å². The molecule has 1 amide bonds. The number of anilines is 1. The standard InChI is InChI=1S/C26H34F3N5O2/c1-3-21-23(34-13-12-32(2)17-22(34)31-21)24(35)30-16-18-14-25(15-18)8-10-33(11-9-25)19-4-6-20(7-5-19)36-26(27,28)29/h4-7,18H,3,8-17H2,1-2H3,(H,30,35). The van der Waals surface area contributed by atoms with Gasteiger partial charge in [0.05, 0.1) is 12.2 Å². The Kier molecular flexibility index (Phi) is 6.65. The highest BCUT2D eigenvalue weighted by molar-refractivity contribution is 5.94. The molecule has 3 aliphatic rings. The molecule has 7 nitrogen and oxygen atoms in total. The number of nitrogens with zero attached hydrogens (tertiary/aromatic N) is 4. The van der Waals surface area contributed by atoms with Crippen LogP contribution in [0.2, 0.25) is 0 Å². The molecule has 1 aromatic heterocycles. The van der Waals surface area contributed by atoms with Gasteiger partial charge in [-0.1, -0.05) is 6.92 Å². The van der Waals surface area contributed by atoms with Crippen LogP contribution >= 0.6 is 0 Å². The fourth-order valence-electron chi connectivity index (χ4n) is 6.14. The number of alkyl halides is 3. The predicted octanol–water partition coefficient (Wildman–Crippen LogP) is 4.22. The number of carbonyl (C=O) groups excluding carboxylic acids is 1. The monoisotopic (exact) mass is 505 g/mol. The largest absolute Gasteiger partial charge is 0.573 e. The topological polar surface area (TPSA) is 62.6 Å². The smallest absolute Gasteiger partial charge is 0.406 e. The molecule has 0 radical (unpaired) electrons. The number of piperidine rings is 1. The lowest BCUT2D eigenvalue weighted by atomic mass is 9.57. The summed E-state index contributed by atoms with van der Waals surface area (Å²) in [7, 11) is 2.07. The minimum Gasteiger partial charge on any atom is -0.406 e. The maximum atomic E-state index is 13.1. The Bertz CT molecular complexity index is 1080. The molecule has 1 saturated carbocycles. The van der Waals surface area contributed by atoms with Crippen LogP contribution in [0.15, 0.2) is 24.3 Å². The first-order chi connectivity index (χ1) is 17.1. The van der Waals surface area contributed by atoms with Crippen LogP contribution < -0.4 is 15.0 Å². The van der Waals surface area contributed by atoms with Crippen LogP contribution in [0.1, 0.15) is 54.6 Å². The summed E-state index contributed by atoms with van der Waals surface area (Å²) in [5, 5.41) is 3.19. The Morgan fingerprint density at radius 2 is 1.83 bits per heavy atom. The Morgan fingerprint density at radius 1 is 1.14 bits per heavy atom. The van der Waals surface area contributed by atoms with Gasteiger partial charge in [-0.25, -0.2) is 4.98 Å². The Hall–Kier alpha value is -2.75. The molecule has 3 heterocycles. The molecule has 1 aromatic carbocycles. The van der Waals surface area contributed by atoms with E-state index in [1.54, 1.807) is 12.1 Å². The van der Waals surface area contributed by atoms with Crippen molar-refractivity contribution in [2.75, 3.05) is 38.1 Å². The summed E-state index contributed by atoms with van der Waals surface area (Å²) in [6, 6.07) is 6.12. The second-order valence-electron chi connectivity index (χ2n) is 10.6. The van der Waals surface area contributed by atoms with Gasteiger partial charge in [0.25, 0.3) is 5.91 Å². The maximum absolute atomic E-state index is 13.1. The van der Waals surface area contributed by atoms with Crippen molar-refractivity contribution in [3.63, 3.8) is 0 Å². The molecule has 0 atom stereocenters. The second kappa shape index (κ2) is 9.61. The molecular formula is C26H34F3N5O2. The van der Waals surface area contributed by atoms with Crippen LogP contribution in [0.3, 0.4) is 0 Å². The minimum absolute atomic E-state index is 0.0103. The highest BCUT2D eigenvalue weighted by atomic mass is 19.4. The molecule has 36 heavy (non-hydrogen) atoms. The van der Waals surface area contributed by atoms with E-state index in [2.05, 4.69) is 31.5 Å². The van der Waals surface area contributed by atoms with Crippen LogP contribution in [0.4, 0.5) is 18.9 Å². The number of ether oxygens (including phenoxy) is 1. The Morgan fingerprint density at radius 3 is 2.47 bits per heavy atom. The van der Waals surface area contributed by atoms with Crippen molar-refractivity contribution in [3.05, 3.63) is 41.5 Å². The number of hydrogen-bond donors (Lipinski definition) is 1. The number of rotatable bonds is 6. The Balaban J connectivity index is 1.10. The first-order valence-electron chi connectivity index (χ1n) is 12.8. The first kappa shape index (κ1) is 24.9. The van der Waals surface area contributed by atoms with Crippen molar-refractivity contribution in [1.82, 2.24) is 19.8 Å². The fourth-order valence-corrected chi connectivity index (χ4v) is 6.14. The van der Waals surface area contributed by atoms with Crippen molar-refractivity contribution in [1.29, 1.82) is 0 Å². The van der Waals surface area contributed by atoms with Gasteiger partial charge in [0.15, 0.2) is 0 Å². The van der Waals surface area contributed by atoms with Crippen LogP contribution in [0.5, 0.6) is 5.75 Å². The summed E-state index contributed by atoms with van der Waals surface area (Å²) in [4.78, 5) is 22.3. The van der Waals surface area contributed by atoms with E-state index in [1.807, 2.05) is 6.92 Å². The van der Waals surface area contributed by atoms with Crippen LogP contribution in [0.25, 0.3) is 0 Å². The zero-order chi connectivity index (χ0) is 25.5. The Labute approximate surface area is 209 Å². The van der Waals surface area contributed by atoms with E-state index in [-0.39, 0.29) is 11.7 Å². The molecule has 1 saturated heterocycles. The molecule has 1 spiro atoms. The van der Waals surface area contributed by atoms with Crippen molar-refractivity contribution >= 4 is 11.6 Å². The molecule has 10 heteroatoms. The summed E-state index contributed by atoms with van der Waals surface area (Å²) < 4.78 is 43.2. The summed E-state index contributed by atoms with van der Waals surface area (Å²) >= 11 is 0.